The van der Waals surface area contributed by atoms with Crippen molar-refractivity contribution in [2.24, 2.45) is 0 Å². The number of carbonyl (C=O) groups is 1. The first-order valence-corrected chi connectivity index (χ1v) is 7.20. The van der Waals surface area contributed by atoms with Gasteiger partial charge in [0, 0.05) is 17.5 Å². The Kier molecular flexibility index (Phi) is 4.61. The standard InChI is InChI=1S/C17H26O4/c1-8-12(18)21-11-9-10(16(2,3)4)14(19)13(15(11)20)17(5,6)7/h9,19-20H,8H2,1-7H3. The van der Waals surface area contributed by atoms with Gasteiger partial charge in [0.25, 0.3) is 0 Å². The van der Waals surface area contributed by atoms with Crippen molar-refractivity contribution < 1.29 is 19.7 Å². The van der Waals surface area contributed by atoms with Gasteiger partial charge in [0.05, 0.1) is 0 Å². The van der Waals surface area contributed by atoms with Gasteiger partial charge in [0.2, 0.25) is 0 Å². The van der Waals surface area contributed by atoms with Gasteiger partial charge in [-0.15, -0.1) is 0 Å². The molecule has 1 aromatic rings. The summed E-state index contributed by atoms with van der Waals surface area (Å²) in [6, 6.07) is 1.55. The molecule has 0 aromatic heterocycles. The number of phenols is 2. The molecule has 0 amide bonds. The molecule has 21 heavy (non-hydrogen) atoms. The topological polar surface area (TPSA) is 66.8 Å². The second-order valence-corrected chi connectivity index (χ2v) is 7.32. The second kappa shape index (κ2) is 5.58. The van der Waals surface area contributed by atoms with E-state index in [2.05, 4.69) is 0 Å². The Bertz CT molecular complexity index is 545. The summed E-state index contributed by atoms with van der Waals surface area (Å²) >= 11 is 0. The maximum Gasteiger partial charge on any atom is 0.311 e. The Balaban J connectivity index is 3.64. The van der Waals surface area contributed by atoms with E-state index >= 15 is 0 Å². The number of aromatic hydroxyl groups is 2. The van der Waals surface area contributed by atoms with E-state index in [1.54, 1.807) is 13.0 Å². The van der Waals surface area contributed by atoms with Crippen LogP contribution in [0.15, 0.2) is 6.07 Å². The highest BCUT2D eigenvalue weighted by atomic mass is 16.5. The maximum absolute atomic E-state index is 11.5. The van der Waals surface area contributed by atoms with Crippen LogP contribution in [0.1, 0.15) is 66.0 Å². The molecule has 0 atom stereocenters. The summed E-state index contributed by atoms with van der Waals surface area (Å²) in [6.45, 7) is 13.2. The normalized spacial score (nSPS) is 12.3. The quantitative estimate of drug-likeness (QED) is 0.639. The number of esters is 1. The monoisotopic (exact) mass is 294 g/mol. The molecule has 0 saturated carbocycles. The summed E-state index contributed by atoms with van der Waals surface area (Å²) in [6.07, 6.45) is 0.218. The molecule has 4 heteroatoms. The van der Waals surface area contributed by atoms with E-state index < -0.39 is 11.4 Å². The molecule has 0 bridgehead atoms. The molecule has 4 nitrogen and oxygen atoms in total. The lowest BCUT2D eigenvalue weighted by molar-refractivity contribution is -0.134. The predicted octanol–water partition coefficient (Wildman–Crippen LogP) is 4.01. The van der Waals surface area contributed by atoms with Crippen molar-refractivity contribution in [1.29, 1.82) is 0 Å². The van der Waals surface area contributed by atoms with Crippen LogP contribution in [0.2, 0.25) is 0 Å². The molecular weight excluding hydrogens is 268 g/mol. The Hall–Kier alpha value is -1.71. The fourth-order valence-corrected chi connectivity index (χ4v) is 2.19. The number of rotatable bonds is 2. The van der Waals surface area contributed by atoms with Crippen molar-refractivity contribution in [1.82, 2.24) is 0 Å². The molecule has 0 spiro atoms. The summed E-state index contributed by atoms with van der Waals surface area (Å²) in [5, 5.41) is 21.0. The van der Waals surface area contributed by atoms with Crippen molar-refractivity contribution in [3.63, 3.8) is 0 Å². The third-order valence-corrected chi connectivity index (χ3v) is 3.31. The minimum Gasteiger partial charge on any atom is -0.507 e. The fraction of sp³-hybridized carbons (Fsp3) is 0.588. The predicted molar refractivity (Wildman–Crippen MR) is 83.1 cm³/mol. The molecule has 0 saturated heterocycles. The summed E-state index contributed by atoms with van der Waals surface area (Å²) < 4.78 is 5.22. The lowest BCUT2D eigenvalue weighted by Gasteiger charge is -2.28. The van der Waals surface area contributed by atoms with Crippen LogP contribution in [0.25, 0.3) is 0 Å². The zero-order chi connectivity index (χ0) is 16.6. The van der Waals surface area contributed by atoms with Crippen molar-refractivity contribution in [3.05, 3.63) is 17.2 Å². The highest BCUT2D eigenvalue weighted by Gasteiger charge is 2.31. The summed E-state index contributed by atoms with van der Waals surface area (Å²) in [7, 11) is 0. The first-order chi connectivity index (χ1) is 9.39. The number of hydrogen-bond acceptors (Lipinski definition) is 4. The van der Waals surface area contributed by atoms with Crippen LogP contribution >= 0.6 is 0 Å². The third-order valence-electron chi connectivity index (χ3n) is 3.31. The van der Waals surface area contributed by atoms with Crippen LogP contribution in [-0.4, -0.2) is 16.2 Å². The van der Waals surface area contributed by atoms with Gasteiger partial charge in [0.15, 0.2) is 11.5 Å². The zero-order valence-electron chi connectivity index (χ0n) is 14.0. The second-order valence-electron chi connectivity index (χ2n) is 7.32. The molecule has 2 N–H and O–H groups in total. The Labute approximate surface area is 126 Å². The molecule has 0 unspecified atom stereocenters. The Morgan fingerprint density at radius 3 is 1.95 bits per heavy atom. The van der Waals surface area contributed by atoms with E-state index in [1.165, 1.54) is 0 Å². The molecule has 1 rings (SSSR count). The lowest BCUT2D eigenvalue weighted by Crippen LogP contribution is -2.18. The van der Waals surface area contributed by atoms with Gasteiger partial charge in [-0.05, 0) is 16.9 Å². The lowest BCUT2D eigenvalue weighted by atomic mass is 9.79. The molecule has 0 aliphatic carbocycles. The first-order valence-electron chi connectivity index (χ1n) is 7.20. The van der Waals surface area contributed by atoms with E-state index in [9.17, 15) is 15.0 Å². The Morgan fingerprint density at radius 2 is 1.57 bits per heavy atom. The van der Waals surface area contributed by atoms with Gasteiger partial charge in [-0.25, -0.2) is 0 Å². The van der Waals surface area contributed by atoms with Crippen molar-refractivity contribution in [2.45, 2.75) is 65.7 Å². The summed E-state index contributed by atoms with van der Waals surface area (Å²) in [5.41, 5.74) is 0.214. The minimum absolute atomic E-state index is 0.0591. The van der Waals surface area contributed by atoms with Gasteiger partial charge in [0.1, 0.15) is 5.75 Å². The van der Waals surface area contributed by atoms with Crippen LogP contribution in [0.3, 0.4) is 0 Å². The number of hydrogen-bond donors (Lipinski definition) is 2. The summed E-state index contributed by atoms with van der Waals surface area (Å²) in [5.74, 6) is -0.427. The number of ether oxygens (including phenoxy) is 1. The molecule has 0 fully saturated rings. The highest BCUT2D eigenvalue weighted by Crippen LogP contribution is 2.48. The largest absolute Gasteiger partial charge is 0.507 e. The van der Waals surface area contributed by atoms with Gasteiger partial charge >= 0.3 is 5.97 Å². The van der Waals surface area contributed by atoms with E-state index in [4.69, 9.17) is 4.74 Å². The molecular formula is C17H26O4. The van der Waals surface area contributed by atoms with E-state index in [1.807, 2.05) is 41.5 Å². The first kappa shape index (κ1) is 17.3. The smallest absolute Gasteiger partial charge is 0.311 e. The number of carbonyl (C=O) groups excluding carboxylic acids is 1. The number of phenolic OH excluding ortho intramolecular Hbond substituents is 2. The minimum atomic E-state index is -0.483. The van der Waals surface area contributed by atoms with Gasteiger partial charge in [-0.3, -0.25) is 4.79 Å². The maximum atomic E-state index is 11.5. The highest BCUT2D eigenvalue weighted by molar-refractivity contribution is 5.74. The van der Waals surface area contributed by atoms with Crippen molar-refractivity contribution >= 4 is 5.97 Å². The molecule has 0 heterocycles. The Morgan fingerprint density at radius 1 is 1.05 bits per heavy atom. The fourth-order valence-electron chi connectivity index (χ4n) is 2.19. The SMILES string of the molecule is CCC(=O)Oc1cc(C(C)(C)C)c(O)c(C(C)(C)C)c1O. The molecule has 0 radical (unpaired) electrons. The molecule has 1 aromatic carbocycles. The van der Waals surface area contributed by atoms with Gasteiger partial charge in [-0.2, -0.15) is 0 Å². The van der Waals surface area contributed by atoms with Crippen LogP contribution < -0.4 is 4.74 Å². The van der Waals surface area contributed by atoms with Crippen molar-refractivity contribution in [3.8, 4) is 17.2 Å². The zero-order valence-corrected chi connectivity index (χ0v) is 14.0. The molecule has 0 aliphatic heterocycles. The van der Waals surface area contributed by atoms with Gasteiger partial charge in [-0.1, -0.05) is 48.5 Å². The average Bonchev–Trinajstić information content (AvgIpc) is 2.29. The average molecular weight is 294 g/mol. The molecule has 118 valence electrons. The van der Waals surface area contributed by atoms with E-state index in [0.29, 0.717) is 11.1 Å². The van der Waals surface area contributed by atoms with Crippen LogP contribution in [-0.2, 0) is 15.6 Å². The van der Waals surface area contributed by atoms with E-state index in [-0.39, 0.29) is 29.1 Å². The third kappa shape index (κ3) is 3.69. The summed E-state index contributed by atoms with van der Waals surface area (Å²) in [4.78, 5) is 11.5. The molecule has 0 aliphatic rings. The number of benzene rings is 1. The van der Waals surface area contributed by atoms with Crippen molar-refractivity contribution in [2.75, 3.05) is 0 Å². The van der Waals surface area contributed by atoms with Crippen LogP contribution in [0.4, 0.5) is 0 Å². The van der Waals surface area contributed by atoms with Gasteiger partial charge < -0.3 is 14.9 Å². The van der Waals surface area contributed by atoms with Crippen LogP contribution in [0.5, 0.6) is 17.2 Å². The van der Waals surface area contributed by atoms with Crippen LogP contribution in [0, 0.1) is 0 Å². The van der Waals surface area contributed by atoms with E-state index in [0.717, 1.165) is 0 Å².